The van der Waals surface area contributed by atoms with Gasteiger partial charge in [-0.2, -0.15) is 5.06 Å². The second-order valence-corrected chi connectivity index (χ2v) is 4.56. The van der Waals surface area contributed by atoms with Crippen molar-refractivity contribution in [2.24, 2.45) is 0 Å². The molecule has 0 amide bonds. The zero-order valence-corrected chi connectivity index (χ0v) is 12.4. The number of benzene rings is 1. The minimum absolute atomic E-state index is 0.0195. The van der Waals surface area contributed by atoms with Crippen molar-refractivity contribution < 1.29 is 24.0 Å². The summed E-state index contributed by atoms with van der Waals surface area (Å²) in [6.07, 6.45) is 0. The van der Waals surface area contributed by atoms with E-state index in [-0.39, 0.29) is 11.5 Å². The van der Waals surface area contributed by atoms with Gasteiger partial charge in [-0.25, -0.2) is 0 Å². The van der Waals surface area contributed by atoms with E-state index in [1.165, 1.54) is 26.4 Å². The molecule has 2 unspecified atom stereocenters. The van der Waals surface area contributed by atoms with Crippen LogP contribution >= 0.6 is 0 Å². The van der Waals surface area contributed by atoms with Crippen molar-refractivity contribution in [3.05, 3.63) is 27.8 Å². The molecule has 1 aliphatic heterocycles. The summed E-state index contributed by atoms with van der Waals surface area (Å²) in [5.41, 5.74) is 0.622. The van der Waals surface area contributed by atoms with Gasteiger partial charge in [-0.15, -0.1) is 0 Å². The summed E-state index contributed by atoms with van der Waals surface area (Å²) >= 11 is 0. The fourth-order valence-corrected chi connectivity index (χ4v) is 2.54. The van der Waals surface area contributed by atoms with Crippen LogP contribution in [0, 0.1) is 10.1 Å². The molecule has 21 heavy (non-hydrogen) atoms. The SMILES string of the molecule is COc1ccc(C2C([N+](=O)[O-])CON2C)c(OC)c1OC. The molecule has 0 radical (unpaired) electrons. The van der Waals surface area contributed by atoms with Gasteiger partial charge < -0.3 is 14.2 Å². The van der Waals surface area contributed by atoms with E-state index >= 15 is 0 Å². The van der Waals surface area contributed by atoms with Gasteiger partial charge in [0, 0.05) is 17.5 Å². The van der Waals surface area contributed by atoms with Crippen LogP contribution in [0.4, 0.5) is 0 Å². The third kappa shape index (κ3) is 2.59. The molecular formula is C13H18N2O6. The Morgan fingerprint density at radius 3 is 2.43 bits per heavy atom. The highest BCUT2D eigenvalue weighted by Gasteiger charge is 2.45. The number of nitrogens with zero attached hydrogens (tertiary/aromatic N) is 2. The van der Waals surface area contributed by atoms with Crippen LogP contribution in [-0.2, 0) is 4.84 Å². The largest absolute Gasteiger partial charge is 0.493 e. The van der Waals surface area contributed by atoms with Crippen molar-refractivity contribution in [1.29, 1.82) is 0 Å². The Kier molecular flexibility index (Phi) is 4.49. The van der Waals surface area contributed by atoms with Crippen molar-refractivity contribution in [2.45, 2.75) is 12.1 Å². The van der Waals surface area contributed by atoms with Crippen LogP contribution in [0.2, 0.25) is 0 Å². The maximum absolute atomic E-state index is 11.2. The third-order valence-electron chi connectivity index (χ3n) is 3.53. The van der Waals surface area contributed by atoms with E-state index in [1.807, 2.05) is 0 Å². The normalized spacial score (nSPS) is 22.1. The van der Waals surface area contributed by atoms with Crippen molar-refractivity contribution in [1.82, 2.24) is 5.06 Å². The quantitative estimate of drug-likeness (QED) is 0.598. The Hall–Kier alpha value is -2.06. The Morgan fingerprint density at radius 2 is 1.90 bits per heavy atom. The Balaban J connectivity index is 2.54. The van der Waals surface area contributed by atoms with Crippen molar-refractivity contribution in [2.75, 3.05) is 35.0 Å². The smallest absolute Gasteiger partial charge is 0.259 e. The van der Waals surface area contributed by atoms with Crippen LogP contribution < -0.4 is 14.2 Å². The van der Waals surface area contributed by atoms with Crippen LogP contribution in [0.25, 0.3) is 0 Å². The van der Waals surface area contributed by atoms with Gasteiger partial charge in [0.05, 0.1) is 21.3 Å². The first-order chi connectivity index (χ1) is 10.0. The number of ether oxygens (including phenoxy) is 3. The van der Waals surface area contributed by atoms with E-state index in [1.54, 1.807) is 19.2 Å². The van der Waals surface area contributed by atoms with Gasteiger partial charge in [0.1, 0.15) is 12.6 Å². The van der Waals surface area contributed by atoms with Crippen molar-refractivity contribution >= 4 is 0 Å². The van der Waals surface area contributed by atoms with Gasteiger partial charge >= 0.3 is 0 Å². The predicted molar refractivity (Wildman–Crippen MR) is 73.3 cm³/mol. The number of methoxy groups -OCH3 is 3. The first-order valence-corrected chi connectivity index (χ1v) is 6.33. The molecule has 0 N–H and O–H groups in total. The van der Waals surface area contributed by atoms with Crippen LogP contribution in [0.1, 0.15) is 11.6 Å². The molecule has 0 spiro atoms. The first kappa shape index (κ1) is 15.3. The summed E-state index contributed by atoms with van der Waals surface area (Å²) in [7, 11) is 6.15. The summed E-state index contributed by atoms with van der Waals surface area (Å²) < 4.78 is 15.9. The Labute approximate surface area is 122 Å². The van der Waals surface area contributed by atoms with E-state index < -0.39 is 12.1 Å². The van der Waals surface area contributed by atoms with Crippen molar-refractivity contribution in [3.63, 3.8) is 0 Å². The van der Waals surface area contributed by atoms with Gasteiger partial charge in [-0.1, -0.05) is 0 Å². The first-order valence-electron chi connectivity index (χ1n) is 6.33. The lowest BCUT2D eigenvalue weighted by atomic mass is 9.99. The molecule has 2 rings (SSSR count). The highest BCUT2D eigenvalue weighted by Crippen LogP contribution is 2.45. The molecule has 8 heteroatoms. The van der Waals surface area contributed by atoms with Crippen LogP contribution in [0.5, 0.6) is 17.2 Å². The van der Waals surface area contributed by atoms with E-state index in [4.69, 9.17) is 19.0 Å². The van der Waals surface area contributed by atoms with E-state index in [2.05, 4.69) is 0 Å². The molecule has 1 aromatic rings. The molecule has 0 aliphatic carbocycles. The number of hydrogen-bond acceptors (Lipinski definition) is 7. The Bertz CT molecular complexity index is 536. The summed E-state index contributed by atoms with van der Waals surface area (Å²) in [6, 6.07) is 1.99. The fraction of sp³-hybridized carbons (Fsp3) is 0.538. The number of rotatable bonds is 5. The van der Waals surface area contributed by atoms with Gasteiger partial charge in [0.25, 0.3) is 6.04 Å². The molecular weight excluding hydrogens is 280 g/mol. The van der Waals surface area contributed by atoms with Crippen molar-refractivity contribution in [3.8, 4) is 17.2 Å². The van der Waals surface area contributed by atoms with E-state index in [0.29, 0.717) is 22.8 Å². The number of nitro groups is 1. The third-order valence-corrected chi connectivity index (χ3v) is 3.53. The molecule has 2 atom stereocenters. The average molecular weight is 298 g/mol. The highest BCUT2D eigenvalue weighted by atomic mass is 16.7. The molecule has 8 nitrogen and oxygen atoms in total. The molecule has 1 aliphatic rings. The predicted octanol–water partition coefficient (Wildman–Crippen LogP) is 1.28. The van der Waals surface area contributed by atoms with Gasteiger partial charge in [-0.3, -0.25) is 15.0 Å². The molecule has 0 saturated carbocycles. The van der Waals surface area contributed by atoms with Crippen LogP contribution in [0.15, 0.2) is 12.1 Å². The number of hydrogen-bond donors (Lipinski definition) is 0. The molecule has 1 heterocycles. The topological polar surface area (TPSA) is 83.3 Å². The van der Waals surface area contributed by atoms with E-state index in [9.17, 15) is 10.1 Å². The lowest BCUT2D eigenvalue weighted by Crippen LogP contribution is -2.30. The second kappa shape index (κ2) is 6.15. The molecule has 1 fully saturated rings. The summed E-state index contributed by atoms with van der Waals surface area (Å²) in [5, 5.41) is 12.7. The zero-order valence-electron chi connectivity index (χ0n) is 12.4. The minimum Gasteiger partial charge on any atom is -0.493 e. The van der Waals surface area contributed by atoms with Crippen LogP contribution in [-0.4, -0.2) is 51.0 Å². The standard InChI is InChI=1S/C13H18N2O6/c1-14-11(9(7-21-14)15(16)17)8-5-6-10(18-2)13(20-4)12(8)19-3/h5-6,9,11H,7H2,1-4H3. The highest BCUT2D eigenvalue weighted by molar-refractivity contribution is 5.57. The monoisotopic (exact) mass is 298 g/mol. The molecule has 0 bridgehead atoms. The summed E-state index contributed by atoms with van der Waals surface area (Å²) in [6.45, 7) is 0.0195. The van der Waals surface area contributed by atoms with Gasteiger partial charge in [-0.05, 0) is 12.1 Å². The lowest BCUT2D eigenvalue weighted by Gasteiger charge is -2.22. The number of likely N-dealkylation sites (N-methyl/N-ethyl adjacent to an activating group) is 1. The summed E-state index contributed by atoms with van der Waals surface area (Å²) in [5.74, 6) is 1.31. The summed E-state index contributed by atoms with van der Waals surface area (Å²) in [4.78, 5) is 16.2. The maximum atomic E-state index is 11.2. The lowest BCUT2D eigenvalue weighted by molar-refractivity contribution is -0.523. The molecule has 0 aromatic heterocycles. The maximum Gasteiger partial charge on any atom is 0.259 e. The fourth-order valence-electron chi connectivity index (χ4n) is 2.54. The average Bonchev–Trinajstić information content (AvgIpc) is 2.87. The number of hydroxylamine groups is 2. The molecule has 1 aromatic carbocycles. The second-order valence-electron chi connectivity index (χ2n) is 4.56. The zero-order chi connectivity index (χ0) is 15.6. The molecule has 116 valence electrons. The molecule has 1 saturated heterocycles. The minimum atomic E-state index is -0.873. The van der Waals surface area contributed by atoms with Crippen LogP contribution in [0.3, 0.4) is 0 Å². The van der Waals surface area contributed by atoms with Gasteiger partial charge in [0.2, 0.25) is 5.75 Å². The Morgan fingerprint density at radius 1 is 1.24 bits per heavy atom. The van der Waals surface area contributed by atoms with E-state index in [0.717, 1.165) is 0 Å². The van der Waals surface area contributed by atoms with Gasteiger partial charge in [0.15, 0.2) is 11.5 Å².